The number of halogens is 1. The predicted octanol–water partition coefficient (Wildman–Crippen LogP) is 2.88. The van der Waals surface area contributed by atoms with Crippen LogP contribution in [0.5, 0.6) is 0 Å². The SMILES string of the molecule is C=CC(=O)Nc1ccc(Br)c(C)c1. The van der Waals surface area contributed by atoms with Gasteiger partial charge in [0.2, 0.25) is 5.91 Å². The topological polar surface area (TPSA) is 29.1 Å². The Hall–Kier alpha value is -1.09. The lowest BCUT2D eigenvalue weighted by Crippen LogP contribution is -2.07. The summed E-state index contributed by atoms with van der Waals surface area (Å²) in [7, 11) is 0. The van der Waals surface area contributed by atoms with E-state index in [2.05, 4.69) is 27.8 Å². The molecule has 0 bridgehead atoms. The van der Waals surface area contributed by atoms with Gasteiger partial charge in [0, 0.05) is 10.2 Å². The fourth-order valence-electron chi connectivity index (χ4n) is 0.916. The summed E-state index contributed by atoms with van der Waals surface area (Å²) >= 11 is 3.38. The number of benzene rings is 1. The molecule has 0 spiro atoms. The molecule has 3 heteroatoms. The minimum absolute atomic E-state index is 0.193. The molecule has 1 N–H and O–H groups in total. The van der Waals surface area contributed by atoms with Gasteiger partial charge in [-0.15, -0.1) is 0 Å². The number of amides is 1. The van der Waals surface area contributed by atoms with Gasteiger partial charge in [-0.1, -0.05) is 22.5 Å². The average molecular weight is 240 g/mol. The van der Waals surface area contributed by atoms with Crippen molar-refractivity contribution in [2.45, 2.75) is 6.92 Å². The number of anilines is 1. The molecule has 0 aliphatic heterocycles. The second-order valence-electron chi connectivity index (χ2n) is 2.66. The highest BCUT2D eigenvalue weighted by molar-refractivity contribution is 9.10. The fraction of sp³-hybridized carbons (Fsp3) is 0.100. The van der Waals surface area contributed by atoms with Gasteiger partial charge in [0.05, 0.1) is 0 Å². The summed E-state index contributed by atoms with van der Waals surface area (Å²) in [6.45, 7) is 5.34. The molecule has 0 heterocycles. The van der Waals surface area contributed by atoms with Crippen LogP contribution >= 0.6 is 15.9 Å². The highest BCUT2D eigenvalue weighted by Gasteiger charge is 1.98. The molecule has 1 amide bonds. The van der Waals surface area contributed by atoms with Crippen molar-refractivity contribution in [1.29, 1.82) is 0 Å². The van der Waals surface area contributed by atoms with E-state index >= 15 is 0 Å². The summed E-state index contributed by atoms with van der Waals surface area (Å²) < 4.78 is 1.03. The molecule has 0 radical (unpaired) electrons. The van der Waals surface area contributed by atoms with Gasteiger partial charge in [-0.2, -0.15) is 0 Å². The van der Waals surface area contributed by atoms with Crippen LogP contribution in [0.25, 0.3) is 0 Å². The average Bonchev–Trinajstić information content (AvgIpc) is 2.11. The number of nitrogens with one attached hydrogen (secondary N) is 1. The van der Waals surface area contributed by atoms with Crippen LogP contribution in [-0.2, 0) is 4.79 Å². The van der Waals surface area contributed by atoms with Gasteiger partial charge in [-0.3, -0.25) is 4.79 Å². The first kappa shape index (κ1) is 9.99. The third-order valence-electron chi connectivity index (χ3n) is 1.61. The molecule has 2 nitrogen and oxygen atoms in total. The molecule has 0 fully saturated rings. The molecule has 0 saturated heterocycles. The Kier molecular flexibility index (Phi) is 3.25. The van der Waals surface area contributed by atoms with E-state index in [-0.39, 0.29) is 5.91 Å². The van der Waals surface area contributed by atoms with Crippen molar-refractivity contribution in [2.75, 3.05) is 5.32 Å². The van der Waals surface area contributed by atoms with Gasteiger partial charge in [-0.05, 0) is 36.8 Å². The Labute approximate surface area is 85.8 Å². The van der Waals surface area contributed by atoms with Crippen molar-refractivity contribution in [3.8, 4) is 0 Å². The van der Waals surface area contributed by atoms with E-state index in [0.717, 1.165) is 15.7 Å². The summed E-state index contributed by atoms with van der Waals surface area (Å²) in [6.07, 6.45) is 1.25. The van der Waals surface area contributed by atoms with Crippen LogP contribution in [0.3, 0.4) is 0 Å². The first-order valence-corrected chi connectivity index (χ1v) is 4.62. The van der Waals surface area contributed by atoms with E-state index in [1.54, 1.807) is 0 Å². The van der Waals surface area contributed by atoms with E-state index in [4.69, 9.17) is 0 Å². The standard InChI is InChI=1S/C10H10BrNO/c1-3-10(13)12-8-4-5-9(11)7(2)6-8/h3-6H,1H2,2H3,(H,12,13). The van der Waals surface area contributed by atoms with Crippen LogP contribution in [0.1, 0.15) is 5.56 Å². The van der Waals surface area contributed by atoms with Gasteiger partial charge in [0.25, 0.3) is 0 Å². The van der Waals surface area contributed by atoms with Crippen molar-refractivity contribution in [2.24, 2.45) is 0 Å². The zero-order valence-corrected chi connectivity index (χ0v) is 8.89. The van der Waals surface area contributed by atoms with Crippen molar-refractivity contribution < 1.29 is 4.79 Å². The predicted molar refractivity (Wildman–Crippen MR) is 57.7 cm³/mol. The first-order chi connectivity index (χ1) is 6.13. The third-order valence-corrected chi connectivity index (χ3v) is 2.50. The van der Waals surface area contributed by atoms with Gasteiger partial charge < -0.3 is 5.32 Å². The van der Waals surface area contributed by atoms with Crippen LogP contribution in [0, 0.1) is 6.92 Å². The van der Waals surface area contributed by atoms with Crippen molar-refractivity contribution in [1.82, 2.24) is 0 Å². The Morgan fingerprint density at radius 1 is 1.62 bits per heavy atom. The van der Waals surface area contributed by atoms with E-state index in [1.807, 2.05) is 25.1 Å². The van der Waals surface area contributed by atoms with E-state index < -0.39 is 0 Å². The van der Waals surface area contributed by atoms with E-state index in [0.29, 0.717) is 0 Å². The molecular weight excluding hydrogens is 230 g/mol. The summed E-state index contributed by atoms with van der Waals surface area (Å²) in [4.78, 5) is 10.9. The Morgan fingerprint density at radius 3 is 2.85 bits per heavy atom. The zero-order valence-electron chi connectivity index (χ0n) is 7.30. The molecule has 0 unspecified atom stereocenters. The molecule has 0 atom stereocenters. The second kappa shape index (κ2) is 4.23. The van der Waals surface area contributed by atoms with Gasteiger partial charge in [0.15, 0.2) is 0 Å². The lowest BCUT2D eigenvalue weighted by atomic mass is 10.2. The third kappa shape index (κ3) is 2.70. The maximum Gasteiger partial charge on any atom is 0.247 e. The van der Waals surface area contributed by atoms with Crippen molar-refractivity contribution in [3.05, 3.63) is 40.9 Å². The molecule has 1 rings (SSSR count). The van der Waals surface area contributed by atoms with Crippen LogP contribution in [0.15, 0.2) is 35.3 Å². The first-order valence-electron chi connectivity index (χ1n) is 3.83. The summed E-state index contributed by atoms with van der Waals surface area (Å²) in [5.41, 5.74) is 1.87. The summed E-state index contributed by atoms with van der Waals surface area (Å²) in [5, 5.41) is 2.68. The minimum Gasteiger partial charge on any atom is -0.323 e. The molecule has 0 aromatic heterocycles. The molecule has 1 aromatic rings. The lowest BCUT2D eigenvalue weighted by Gasteiger charge is -2.04. The highest BCUT2D eigenvalue weighted by atomic mass is 79.9. The van der Waals surface area contributed by atoms with Crippen LogP contribution in [-0.4, -0.2) is 5.91 Å². The number of rotatable bonds is 2. The molecule has 13 heavy (non-hydrogen) atoms. The molecule has 1 aromatic carbocycles. The van der Waals surface area contributed by atoms with E-state index in [1.165, 1.54) is 6.08 Å². The van der Waals surface area contributed by atoms with E-state index in [9.17, 15) is 4.79 Å². The van der Waals surface area contributed by atoms with Gasteiger partial charge in [-0.25, -0.2) is 0 Å². The molecule has 0 aliphatic carbocycles. The zero-order chi connectivity index (χ0) is 9.84. The fourth-order valence-corrected chi connectivity index (χ4v) is 1.16. The van der Waals surface area contributed by atoms with Crippen LogP contribution in [0.4, 0.5) is 5.69 Å². The summed E-state index contributed by atoms with van der Waals surface area (Å²) in [6, 6.07) is 5.62. The lowest BCUT2D eigenvalue weighted by molar-refractivity contribution is -0.111. The Morgan fingerprint density at radius 2 is 2.31 bits per heavy atom. The maximum atomic E-state index is 10.9. The van der Waals surface area contributed by atoms with Crippen molar-refractivity contribution in [3.63, 3.8) is 0 Å². The Balaban J connectivity index is 2.85. The quantitative estimate of drug-likeness (QED) is 0.791. The summed E-state index contributed by atoms with van der Waals surface area (Å²) in [5.74, 6) is -0.193. The smallest absolute Gasteiger partial charge is 0.247 e. The minimum atomic E-state index is -0.193. The second-order valence-corrected chi connectivity index (χ2v) is 3.51. The number of hydrogen-bond donors (Lipinski definition) is 1. The monoisotopic (exact) mass is 239 g/mol. The number of hydrogen-bond acceptors (Lipinski definition) is 1. The number of carbonyl (C=O) groups excluding carboxylic acids is 1. The largest absolute Gasteiger partial charge is 0.323 e. The molecule has 0 saturated carbocycles. The number of carbonyl (C=O) groups is 1. The van der Waals surface area contributed by atoms with Crippen molar-refractivity contribution >= 4 is 27.5 Å². The van der Waals surface area contributed by atoms with Crippen LogP contribution < -0.4 is 5.32 Å². The molecule has 68 valence electrons. The van der Waals surface area contributed by atoms with Crippen LogP contribution in [0.2, 0.25) is 0 Å². The maximum absolute atomic E-state index is 10.9. The molecular formula is C10H10BrNO. The normalized spacial score (nSPS) is 9.38. The molecule has 0 aliphatic rings. The Bertz CT molecular complexity index is 347. The highest BCUT2D eigenvalue weighted by Crippen LogP contribution is 2.19. The number of aryl methyl sites for hydroxylation is 1. The van der Waals surface area contributed by atoms with Gasteiger partial charge in [0.1, 0.15) is 0 Å². The van der Waals surface area contributed by atoms with Gasteiger partial charge >= 0.3 is 0 Å².